The van der Waals surface area contributed by atoms with Gasteiger partial charge in [0.25, 0.3) is 5.56 Å². The van der Waals surface area contributed by atoms with Crippen molar-refractivity contribution in [1.82, 2.24) is 19.2 Å². The quantitative estimate of drug-likeness (QED) is 0.724. The minimum Gasteiger partial charge on any atom is -0.308 e. The summed E-state index contributed by atoms with van der Waals surface area (Å²) < 4.78 is 4.11. The molecule has 6 heteroatoms. The van der Waals surface area contributed by atoms with Crippen LogP contribution in [0.5, 0.6) is 0 Å². The van der Waals surface area contributed by atoms with Crippen molar-refractivity contribution in [2.45, 2.75) is 6.54 Å². The van der Waals surface area contributed by atoms with Crippen LogP contribution in [0, 0.1) is 0 Å². The zero-order chi connectivity index (χ0) is 12.5. The maximum absolute atomic E-state index is 12.1. The van der Waals surface area contributed by atoms with Crippen molar-refractivity contribution in [2.24, 2.45) is 0 Å². The van der Waals surface area contributed by atoms with Crippen molar-refractivity contribution in [3.8, 4) is 0 Å². The van der Waals surface area contributed by atoms with E-state index in [1.165, 1.54) is 0 Å². The van der Waals surface area contributed by atoms with Gasteiger partial charge in [-0.1, -0.05) is 0 Å². The van der Waals surface area contributed by atoms with Crippen LogP contribution in [0.15, 0.2) is 52.4 Å². The fraction of sp³-hybridized carbons (Fsp3) is 0.0833. The normalized spacial score (nSPS) is 10.9. The summed E-state index contributed by atoms with van der Waals surface area (Å²) in [5, 5.41) is 4.03. The summed E-state index contributed by atoms with van der Waals surface area (Å²) in [5.74, 6) is 0. The van der Waals surface area contributed by atoms with Gasteiger partial charge in [0.05, 0.1) is 12.7 Å². The van der Waals surface area contributed by atoms with Gasteiger partial charge in [0.2, 0.25) is 0 Å². The highest BCUT2D eigenvalue weighted by molar-refractivity contribution is 9.10. The average Bonchev–Trinajstić information content (AvgIpc) is 2.82. The molecular formula is C12H9BrN4O. The summed E-state index contributed by atoms with van der Waals surface area (Å²) in [6, 6.07) is 3.65. The molecule has 18 heavy (non-hydrogen) atoms. The van der Waals surface area contributed by atoms with Crippen molar-refractivity contribution < 1.29 is 0 Å². The lowest BCUT2D eigenvalue weighted by Crippen LogP contribution is -2.21. The molecule has 3 heterocycles. The van der Waals surface area contributed by atoms with E-state index in [1.807, 2.05) is 6.07 Å². The zero-order valence-corrected chi connectivity index (χ0v) is 10.9. The maximum atomic E-state index is 12.1. The van der Waals surface area contributed by atoms with E-state index in [0.29, 0.717) is 12.1 Å². The van der Waals surface area contributed by atoms with Crippen LogP contribution < -0.4 is 5.56 Å². The van der Waals surface area contributed by atoms with Gasteiger partial charge in [-0.25, -0.2) is 4.52 Å². The Hall–Kier alpha value is -1.95. The molecule has 0 saturated carbocycles. The Kier molecular flexibility index (Phi) is 2.71. The summed E-state index contributed by atoms with van der Waals surface area (Å²) in [7, 11) is 0. The first-order chi connectivity index (χ1) is 8.74. The molecule has 0 aliphatic heterocycles. The van der Waals surface area contributed by atoms with Crippen LogP contribution in [0.25, 0.3) is 5.52 Å². The monoisotopic (exact) mass is 304 g/mol. The first-order valence-electron chi connectivity index (χ1n) is 5.36. The molecule has 0 unspecified atom stereocenters. The minimum absolute atomic E-state index is 0.0602. The molecule has 0 amide bonds. The largest absolute Gasteiger partial charge is 0.308 e. The smallest absolute Gasteiger partial charge is 0.276 e. The molecule has 3 rings (SSSR count). The van der Waals surface area contributed by atoms with Crippen LogP contribution in [0.2, 0.25) is 0 Å². The van der Waals surface area contributed by atoms with E-state index in [2.05, 4.69) is 26.0 Å². The van der Waals surface area contributed by atoms with Crippen molar-refractivity contribution in [3.63, 3.8) is 0 Å². The highest BCUT2D eigenvalue weighted by atomic mass is 79.9. The van der Waals surface area contributed by atoms with Gasteiger partial charge < -0.3 is 4.57 Å². The lowest BCUT2D eigenvalue weighted by atomic mass is 10.3. The van der Waals surface area contributed by atoms with Crippen LogP contribution in [0.3, 0.4) is 0 Å². The van der Waals surface area contributed by atoms with E-state index in [0.717, 1.165) is 10.0 Å². The maximum Gasteiger partial charge on any atom is 0.276 e. The van der Waals surface area contributed by atoms with Crippen LogP contribution >= 0.6 is 15.9 Å². The molecule has 0 aromatic carbocycles. The molecule has 0 fully saturated rings. The number of rotatable bonds is 2. The third-order valence-corrected chi connectivity index (χ3v) is 3.09. The molecule has 0 aliphatic rings. The second kappa shape index (κ2) is 4.38. The average molecular weight is 305 g/mol. The first kappa shape index (κ1) is 11.2. The highest BCUT2D eigenvalue weighted by Gasteiger charge is 2.04. The van der Waals surface area contributed by atoms with Crippen molar-refractivity contribution in [1.29, 1.82) is 0 Å². The first-order valence-corrected chi connectivity index (χ1v) is 6.15. The van der Waals surface area contributed by atoms with Gasteiger partial charge in [-0.3, -0.25) is 9.78 Å². The predicted molar refractivity (Wildman–Crippen MR) is 70.5 cm³/mol. The molecule has 0 atom stereocenters. The molecule has 0 N–H and O–H groups in total. The Labute approximate surface area is 111 Å². The summed E-state index contributed by atoms with van der Waals surface area (Å²) in [5.41, 5.74) is 1.48. The van der Waals surface area contributed by atoms with Gasteiger partial charge in [0, 0.05) is 29.3 Å². The third kappa shape index (κ3) is 1.95. The van der Waals surface area contributed by atoms with Gasteiger partial charge in [0.1, 0.15) is 5.52 Å². The molecule has 0 saturated heterocycles. The lowest BCUT2D eigenvalue weighted by Gasteiger charge is -2.06. The van der Waals surface area contributed by atoms with Gasteiger partial charge in [0.15, 0.2) is 0 Å². The highest BCUT2D eigenvalue weighted by Crippen LogP contribution is 2.10. The van der Waals surface area contributed by atoms with E-state index in [-0.39, 0.29) is 5.56 Å². The number of aromatic nitrogens is 4. The molecule has 3 aromatic rings. The molecule has 0 radical (unpaired) electrons. The van der Waals surface area contributed by atoms with Gasteiger partial charge >= 0.3 is 0 Å². The topological polar surface area (TPSA) is 52.2 Å². The van der Waals surface area contributed by atoms with Crippen molar-refractivity contribution in [2.75, 3.05) is 0 Å². The lowest BCUT2D eigenvalue weighted by molar-refractivity contribution is 0.740. The van der Waals surface area contributed by atoms with Crippen molar-refractivity contribution in [3.05, 3.63) is 63.5 Å². The summed E-state index contributed by atoms with van der Waals surface area (Å²) in [6.45, 7) is 0.493. The molecule has 0 aliphatic carbocycles. The zero-order valence-electron chi connectivity index (χ0n) is 9.32. The number of hydrogen-bond acceptors (Lipinski definition) is 3. The Morgan fingerprint density at radius 3 is 3.00 bits per heavy atom. The second-order valence-corrected chi connectivity index (χ2v) is 4.82. The predicted octanol–water partition coefficient (Wildman–Crippen LogP) is 1.70. The van der Waals surface area contributed by atoms with E-state index in [9.17, 15) is 4.79 Å². The number of fused-ring (bicyclic) bond motifs is 1. The summed E-state index contributed by atoms with van der Waals surface area (Å²) in [4.78, 5) is 16.2. The second-order valence-electron chi connectivity index (χ2n) is 3.90. The Morgan fingerprint density at radius 1 is 1.28 bits per heavy atom. The summed E-state index contributed by atoms with van der Waals surface area (Å²) >= 11 is 3.36. The number of pyridine rings is 1. The van der Waals surface area contributed by atoms with Crippen LogP contribution in [0.1, 0.15) is 5.56 Å². The summed E-state index contributed by atoms with van der Waals surface area (Å²) in [6.07, 6.45) is 8.57. The molecule has 5 nitrogen and oxygen atoms in total. The fourth-order valence-electron chi connectivity index (χ4n) is 1.82. The van der Waals surface area contributed by atoms with E-state index < -0.39 is 0 Å². The number of hydrogen-bond donors (Lipinski definition) is 0. The molecular weight excluding hydrogens is 296 g/mol. The Balaban J connectivity index is 2.05. The molecule has 3 aromatic heterocycles. The Morgan fingerprint density at radius 2 is 2.17 bits per heavy atom. The molecule has 0 spiro atoms. The molecule has 0 bridgehead atoms. The molecule has 90 valence electrons. The van der Waals surface area contributed by atoms with E-state index in [1.54, 1.807) is 46.1 Å². The van der Waals surface area contributed by atoms with Crippen LogP contribution in [-0.2, 0) is 6.54 Å². The standard InChI is InChI=1S/C12H9BrN4O/c13-10-5-9(6-14-7-10)8-16-3-4-17-11(12(16)18)1-2-15-17/h1-7H,8H2. The third-order valence-electron chi connectivity index (χ3n) is 2.65. The van der Waals surface area contributed by atoms with Gasteiger partial charge in [-0.15, -0.1) is 0 Å². The van der Waals surface area contributed by atoms with E-state index in [4.69, 9.17) is 0 Å². The van der Waals surface area contributed by atoms with Gasteiger partial charge in [-0.05, 0) is 33.6 Å². The number of nitrogens with zero attached hydrogens (tertiary/aromatic N) is 4. The Bertz CT molecular complexity index is 762. The van der Waals surface area contributed by atoms with Gasteiger partial charge in [-0.2, -0.15) is 5.10 Å². The SMILES string of the molecule is O=c1c2ccnn2ccn1Cc1cncc(Br)c1. The fourth-order valence-corrected chi connectivity index (χ4v) is 2.24. The number of halogens is 1. The minimum atomic E-state index is -0.0602. The van der Waals surface area contributed by atoms with Crippen LogP contribution in [0.4, 0.5) is 0 Å². The van der Waals surface area contributed by atoms with Crippen molar-refractivity contribution >= 4 is 21.4 Å². The van der Waals surface area contributed by atoms with Crippen LogP contribution in [-0.4, -0.2) is 19.2 Å². The van der Waals surface area contributed by atoms with E-state index >= 15 is 0 Å².